The van der Waals surface area contributed by atoms with E-state index in [0.717, 1.165) is 18.7 Å². The van der Waals surface area contributed by atoms with Crippen LogP contribution in [-0.4, -0.2) is 44.1 Å². The van der Waals surface area contributed by atoms with Gasteiger partial charge in [0.05, 0.1) is 13.1 Å². The zero-order chi connectivity index (χ0) is 20.4. The number of nitrogens with one attached hydrogen (secondary N) is 2. The second-order valence-electron chi connectivity index (χ2n) is 6.99. The third-order valence-electron chi connectivity index (χ3n) is 3.98. The van der Waals surface area contributed by atoms with Gasteiger partial charge in [-0.05, 0) is 51.2 Å². The maximum Gasteiger partial charge on any atom is 0.191 e. The molecule has 29 heavy (non-hydrogen) atoms. The minimum Gasteiger partial charge on any atom is -0.486 e. The standard InChI is InChI=1S/C22H31FN4O.HI/c1-5-24-22(25-14-17(2)28-21-12-7-6-11-20(21)23)26-15-18-9-8-10-19(13-18)16-27(3)4;/h6-13,17H,5,14-16H2,1-4H3,(H2,24,25,26);1H. The second-order valence-corrected chi connectivity index (χ2v) is 6.99. The van der Waals surface area contributed by atoms with Gasteiger partial charge in [-0.25, -0.2) is 9.38 Å². The van der Waals surface area contributed by atoms with E-state index in [1.807, 2.05) is 13.8 Å². The largest absolute Gasteiger partial charge is 0.486 e. The van der Waals surface area contributed by atoms with Crippen LogP contribution in [0.3, 0.4) is 0 Å². The number of benzene rings is 2. The molecule has 0 saturated heterocycles. The summed E-state index contributed by atoms with van der Waals surface area (Å²) in [5.74, 6) is 0.619. The van der Waals surface area contributed by atoms with E-state index >= 15 is 0 Å². The lowest BCUT2D eigenvalue weighted by atomic mass is 10.1. The van der Waals surface area contributed by atoms with Crippen LogP contribution in [0.15, 0.2) is 53.5 Å². The van der Waals surface area contributed by atoms with Crippen molar-refractivity contribution in [3.8, 4) is 5.75 Å². The van der Waals surface area contributed by atoms with E-state index in [-0.39, 0.29) is 41.6 Å². The smallest absolute Gasteiger partial charge is 0.191 e. The van der Waals surface area contributed by atoms with Gasteiger partial charge in [0.2, 0.25) is 0 Å². The third kappa shape index (κ3) is 9.45. The first-order chi connectivity index (χ1) is 13.5. The highest BCUT2D eigenvalue weighted by atomic mass is 127. The van der Waals surface area contributed by atoms with E-state index in [1.165, 1.54) is 11.6 Å². The van der Waals surface area contributed by atoms with Gasteiger partial charge in [0.15, 0.2) is 17.5 Å². The Morgan fingerprint density at radius 3 is 2.52 bits per heavy atom. The van der Waals surface area contributed by atoms with Crippen molar-refractivity contribution in [2.75, 3.05) is 27.2 Å². The molecule has 2 aromatic carbocycles. The Balaban J connectivity index is 0.00000420. The molecule has 1 unspecified atom stereocenters. The summed E-state index contributed by atoms with van der Waals surface area (Å²) >= 11 is 0. The quantitative estimate of drug-likeness (QED) is 0.302. The van der Waals surface area contributed by atoms with E-state index in [1.54, 1.807) is 18.2 Å². The molecule has 5 nitrogen and oxygen atoms in total. The van der Waals surface area contributed by atoms with Crippen molar-refractivity contribution < 1.29 is 9.13 Å². The molecule has 0 aromatic heterocycles. The lowest BCUT2D eigenvalue weighted by Gasteiger charge is -2.18. The molecule has 0 amide bonds. The van der Waals surface area contributed by atoms with Crippen molar-refractivity contribution in [1.29, 1.82) is 0 Å². The summed E-state index contributed by atoms with van der Waals surface area (Å²) in [4.78, 5) is 6.80. The molecule has 0 heterocycles. The average Bonchev–Trinajstić information content (AvgIpc) is 2.65. The van der Waals surface area contributed by atoms with Crippen molar-refractivity contribution in [1.82, 2.24) is 15.5 Å². The number of aliphatic imine (C=N–C) groups is 1. The third-order valence-corrected chi connectivity index (χ3v) is 3.98. The molecule has 2 N–H and O–H groups in total. The Labute approximate surface area is 190 Å². The van der Waals surface area contributed by atoms with E-state index in [9.17, 15) is 4.39 Å². The molecular formula is C22H32FIN4O. The van der Waals surface area contributed by atoms with E-state index < -0.39 is 0 Å². The second kappa shape index (κ2) is 13.4. The summed E-state index contributed by atoms with van der Waals surface area (Å²) in [6.45, 7) is 6.68. The van der Waals surface area contributed by atoms with Crippen LogP contribution < -0.4 is 15.4 Å². The van der Waals surface area contributed by atoms with Crippen LogP contribution in [0.5, 0.6) is 5.75 Å². The highest BCUT2D eigenvalue weighted by molar-refractivity contribution is 14.0. The normalized spacial score (nSPS) is 12.3. The number of guanidine groups is 1. The fraction of sp³-hybridized carbons (Fsp3) is 0.409. The predicted octanol–water partition coefficient (Wildman–Crippen LogP) is 4.03. The van der Waals surface area contributed by atoms with Gasteiger partial charge in [-0.1, -0.05) is 36.4 Å². The van der Waals surface area contributed by atoms with Gasteiger partial charge in [-0.2, -0.15) is 0 Å². The lowest BCUT2D eigenvalue weighted by Crippen LogP contribution is -2.41. The molecule has 160 valence electrons. The number of nitrogens with zero attached hydrogens (tertiary/aromatic N) is 2. The van der Waals surface area contributed by atoms with Crippen LogP contribution in [0.1, 0.15) is 25.0 Å². The molecular weight excluding hydrogens is 482 g/mol. The summed E-state index contributed by atoms with van der Waals surface area (Å²) < 4.78 is 19.4. The number of ether oxygens (including phenoxy) is 1. The fourth-order valence-corrected chi connectivity index (χ4v) is 2.74. The van der Waals surface area contributed by atoms with E-state index in [4.69, 9.17) is 4.74 Å². The van der Waals surface area contributed by atoms with Crippen LogP contribution in [0.25, 0.3) is 0 Å². The highest BCUT2D eigenvalue weighted by Gasteiger charge is 2.09. The van der Waals surface area contributed by atoms with Gasteiger partial charge in [0.25, 0.3) is 0 Å². The van der Waals surface area contributed by atoms with Gasteiger partial charge < -0.3 is 20.3 Å². The molecule has 2 aromatic rings. The predicted molar refractivity (Wildman–Crippen MR) is 129 cm³/mol. The molecule has 2 rings (SSSR count). The summed E-state index contributed by atoms with van der Waals surface area (Å²) in [6.07, 6.45) is -0.204. The van der Waals surface area contributed by atoms with Crippen LogP contribution in [0, 0.1) is 5.82 Å². The molecule has 0 radical (unpaired) electrons. The van der Waals surface area contributed by atoms with Gasteiger partial charge in [0, 0.05) is 13.1 Å². The average molecular weight is 514 g/mol. The molecule has 0 aliphatic carbocycles. The summed E-state index contributed by atoms with van der Waals surface area (Å²) in [6, 6.07) is 14.9. The van der Waals surface area contributed by atoms with Crippen molar-refractivity contribution in [2.24, 2.45) is 4.99 Å². The van der Waals surface area contributed by atoms with Gasteiger partial charge in [-0.15, -0.1) is 24.0 Å². The number of para-hydroxylation sites is 1. The van der Waals surface area contributed by atoms with E-state index in [2.05, 4.69) is 58.9 Å². The number of halogens is 2. The topological polar surface area (TPSA) is 48.9 Å². The molecule has 0 aliphatic rings. The zero-order valence-electron chi connectivity index (χ0n) is 17.6. The maximum absolute atomic E-state index is 13.7. The van der Waals surface area contributed by atoms with Gasteiger partial charge in [0.1, 0.15) is 6.10 Å². The van der Waals surface area contributed by atoms with Crippen LogP contribution in [0.4, 0.5) is 4.39 Å². The zero-order valence-corrected chi connectivity index (χ0v) is 19.9. The van der Waals surface area contributed by atoms with Crippen molar-refractivity contribution in [3.63, 3.8) is 0 Å². The minimum absolute atomic E-state index is 0. The number of hydrogen-bond donors (Lipinski definition) is 2. The Bertz CT molecular complexity index is 770. The van der Waals surface area contributed by atoms with Crippen LogP contribution in [0.2, 0.25) is 0 Å². The van der Waals surface area contributed by atoms with Crippen molar-refractivity contribution in [3.05, 3.63) is 65.5 Å². The maximum atomic E-state index is 13.7. The monoisotopic (exact) mass is 514 g/mol. The summed E-state index contributed by atoms with van der Waals surface area (Å²) in [5.41, 5.74) is 2.43. The first kappa shape index (κ1) is 25.2. The van der Waals surface area contributed by atoms with Crippen LogP contribution in [-0.2, 0) is 13.1 Å². The number of hydrogen-bond acceptors (Lipinski definition) is 3. The fourth-order valence-electron chi connectivity index (χ4n) is 2.74. The highest BCUT2D eigenvalue weighted by Crippen LogP contribution is 2.16. The number of rotatable bonds is 9. The molecule has 0 bridgehead atoms. The molecule has 7 heteroatoms. The molecule has 0 saturated carbocycles. The van der Waals surface area contributed by atoms with Gasteiger partial charge >= 0.3 is 0 Å². The Hall–Kier alpha value is -1.87. The van der Waals surface area contributed by atoms with Crippen molar-refractivity contribution >= 4 is 29.9 Å². The van der Waals surface area contributed by atoms with E-state index in [0.29, 0.717) is 19.0 Å². The van der Waals surface area contributed by atoms with Crippen molar-refractivity contribution in [2.45, 2.75) is 33.0 Å². The SMILES string of the molecule is CCNC(=NCc1cccc(CN(C)C)c1)NCC(C)Oc1ccccc1F.I. The molecule has 1 atom stereocenters. The molecule has 0 spiro atoms. The first-order valence-corrected chi connectivity index (χ1v) is 9.63. The lowest BCUT2D eigenvalue weighted by molar-refractivity contribution is 0.214. The van der Waals surface area contributed by atoms with Crippen LogP contribution >= 0.6 is 24.0 Å². The Morgan fingerprint density at radius 2 is 1.83 bits per heavy atom. The Kier molecular flexibility index (Phi) is 11.6. The first-order valence-electron chi connectivity index (χ1n) is 9.63. The summed E-state index contributed by atoms with van der Waals surface area (Å²) in [7, 11) is 4.12. The molecule has 0 fully saturated rings. The summed E-state index contributed by atoms with van der Waals surface area (Å²) in [5, 5.41) is 6.49. The molecule has 0 aliphatic heterocycles. The van der Waals surface area contributed by atoms with Gasteiger partial charge in [-0.3, -0.25) is 0 Å². The Morgan fingerprint density at radius 1 is 1.10 bits per heavy atom. The minimum atomic E-state index is -0.354.